The van der Waals surface area contributed by atoms with E-state index >= 15 is 0 Å². The summed E-state index contributed by atoms with van der Waals surface area (Å²) in [5.41, 5.74) is 5.59. The topological polar surface area (TPSA) is 55.5 Å². The molecule has 0 heterocycles. The average molecular weight is 217 g/mol. The van der Waals surface area contributed by atoms with Crippen molar-refractivity contribution in [1.29, 1.82) is 0 Å². The summed E-state index contributed by atoms with van der Waals surface area (Å²) in [6, 6.07) is 0. The van der Waals surface area contributed by atoms with Gasteiger partial charge in [-0.25, -0.2) is 0 Å². The van der Waals surface area contributed by atoms with Crippen molar-refractivity contribution in [2.45, 2.75) is 71.2 Å². The van der Waals surface area contributed by atoms with Crippen LogP contribution in [0.4, 0.5) is 0 Å². The second kappa shape index (κ2) is 7.20. The molecule has 0 aliphatic carbocycles. The van der Waals surface area contributed by atoms with Crippen LogP contribution < -0.4 is 5.73 Å². The molecule has 15 heavy (non-hydrogen) atoms. The molecule has 0 spiro atoms. The van der Waals surface area contributed by atoms with Crippen LogP contribution in [0, 0.1) is 0 Å². The van der Waals surface area contributed by atoms with Crippen molar-refractivity contribution >= 4 is 0 Å². The molecule has 0 saturated carbocycles. The van der Waals surface area contributed by atoms with Gasteiger partial charge in [0.2, 0.25) is 0 Å². The summed E-state index contributed by atoms with van der Waals surface area (Å²) in [5.74, 6) is 0. The minimum atomic E-state index is -0.440. The van der Waals surface area contributed by atoms with E-state index in [2.05, 4.69) is 13.8 Å². The molecule has 3 nitrogen and oxygen atoms in total. The monoisotopic (exact) mass is 217 g/mol. The number of rotatable bonds is 8. The Hall–Kier alpha value is -0.120. The minimum Gasteiger partial charge on any atom is -0.391 e. The van der Waals surface area contributed by atoms with E-state index in [4.69, 9.17) is 10.5 Å². The molecular formula is C12H27NO2. The summed E-state index contributed by atoms with van der Waals surface area (Å²) in [4.78, 5) is 0. The van der Waals surface area contributed by atoms with E-state index in [1.807, 2.05) is 6.92 Å². The minimum absolute atomic E-state index is 0.147. The molecule has 2 atom stereocenters. The van der Waals surface area contributed by atoms with Crippen LogP contribution in [0.25, 0.3) is 0 Å². The smallest absolute Gasteiger partial charge is 0.0811 e. The van der Waals surface area contributed by atoms with Crippen LogP contribution in [0.15, 0.2) is 0 Å². The van der Waals surface area contributed by atoms with Gasteiger partial charge in [0.1, 0.15) is 0 Å². The molecule has 92 valence electrons. The lowest BCUT2D eigenvalue weighted by atomic mass is 9.92. The van der Waals surface area contributed by atoms with E-state index in [0.29, 0.717) is 6.54 Å². The molecule has 3 heteroatoms. The molecule has 0 aromatic carbocycles. The molecule has 0 bridgehead atoms. The van der Waals surface area contributed by atoms with Gasteiger partial charge in [-0.05, 0) is 26.7 Å². The van der Waals surface area contributed by atoms with Crippen molar-refractivity contribution in [2.75, 3.05) is 6.54 Å². The zero-order valence-electron chi connectivity index (χ0n) is 10.6. The number of ether oxygens (including phenoxy) is 1. The Labute approximate surface area is 94.0 Å². The Morgan fingerprint density at radius 3 is 1.93 bits per heavy atom. The number of hydrogen-bond acceptors (Lipinski definition) is 3. The maximum Gasteiger partial charge on any atom is 0.0811 e. The first-order valence-corrected chi connectivity index (χ1v) is 6.07. The van der Waals surface area contributed by atoms with E-state index in [-0.39, 0.29) is 11.7 Å². The van der Waals surface area contributed by atoms with Crippen molar-refractivity contribution in [3.63, 3.8) is 0 Å². The highest BCUT2D eigenvalue weighted by Gasteiger charge is 2.30. The van der Waals surface area contributed by atoms with E-state index < -0.39 is 6.10 Å². The Bertz CT molecular complexity index is 154. The third-order valence-electron chi connectivity index (χ3n) is 2.90. The highest BCUT2D eigenvalue weighted by atomic mass is 16.5. The Morgan fingerprint density at radius 1 is 1.20 bits per heavy atom. The Kier molecular flexibility index (Phi) is 7.14. The van der Waals surface area contributed by atoms with Crippen LogP contribution in [0.1, 0.15) is 53.4 Å². The molecule has 0 radical (unpaired) electrons. The average Bonchev–Trinajstić information content (AvgIpc) is 2.18. The Balaban J connectivity index is 4.44. The van der Waals surface area contributed by atoms with Crippen LogP contribution in [0.2, 0.25) is 0 Å². The maximum absolute atomic E-state index is 9.45. The maximum atomic E-state index is 9.45. The number of aliphatic hydroxyl groups is 1. The number of hydrogen-bond donors (Lipinski definition) is 2. The summed E-state index contributed by atoms with van der Waals surface area (Å²) in [7, 11) is 0. The van der Waals surface area contributed by atoms with Gasteiger partial charge < -0.3 is 15.6 Å². The summed E-state index contributed by atoms with van der Waals surface area (Å²) in [6.07, 6.45) is 3.47. The van der Waals surface area contributed by atoms with Crippen LogP contribution in [-0.4, -0.2) is 29.5 Å². The Morgan fingerprint density at radius 2 is 1.67 bits per heavy atom. The molecule has 0 saturated heterocycles. The first kappa shape index (κ1) is 14.9. The molecule has 0 aliphatic heterocycles. The van der Waals surface area contributed by atoms with E-state index in [1.54, 1.807) is 6.92 Å². The van der Waals surface area contributed by atoms with Crippen LogP contribution in [0.3, 0.4) is 0 Å². The third-order valence-corrected chi connectivity index (χ3v) is 2.90. The van der Waals surface area contributed by atoms with E-state index in [1.165, 1.54) is 0 Å². The zero-order chi connectivity index (χ0) is 11.9. The van der Waals surface area contributed by atoms with Gasteiger partial charge in [0.25, 0.3) is 0 Å². The van der Waals surface area contributed by atoms with Crippen LogP contribution >= 0.6 is 0 Å². The molecule has 0 rings (SSSR count). The van der Waals surface area contributed by atoms with Gasteiger partial charge in [-0.3, -0.25) is 0 Å². The van der Waals surface area contributed by atoms with Gasteiger partial charge >= 0.3 is 0 Å². The summed E-state index contributed by atoms with van der Waals surface area (Å²) < 4.78 is 5.95. The lowest BCUT2D eigenvalue weighted by Gasteiger charge is -2.36. The molecule has 0 amide bonds. The van der Waals surface area contributed by atoms with Gasteiger partial charge in [-0.2, -0.15) is 0 Å². The number of aliphatic hydroxyl groups excluding tert-OH is 1. The van der Waals surface area contributed by atoms with E-state index in [9.17, 15) is 5.11 Å². The summed E-state index contributed by atoms with van der Waals surface area (Å²) in [5, 5.41) is 9.45. The van der Waals surface area contributed by atoms with Crippen molar-refractivity contribution in [1.82, 2.24) is 0 Å². The van der Waals surface area contributed by atoms with Gasteiger partial charge in [-0.15, -0.1) is 0 Å². The highest BCUT2D eigenvalue weighted by molar-refractivity contribution is 4.83. The SMILES string of the molecule is CCCC(CN)(CCC)OC(C)C(C)O. The van der Waals surface area contributed by atoms with Gasteiger partial charge in [0, 0.05) is 6.54 Å². The third kappa shape index (κ3) is 4.96. The second-order valence-electron chi connectivity index (χ2n) is 4.45. The molecular weight excluding hydrogens is 190 g/mol. The fourth-order valence-electron chi connectivity index (χ4n) is 1.90. The fourth-order valence-corrected chi connectivity index (χ4v) is 1.90. The molecule has 3 N–H and O–H groups in total. The quantitative estimate of drug-likeness (QED) is 0.654. The van der Waals surface area contributed by atoms with E-state index in [0.717, 1.165) is 25.7 Å². The molecule has 2 unspecified atom stereocenters. The first-order chi connectivity index (χ1) is 7.01. The molecule has 0 aliphatic rings. The van der Waals surface area contributed by atoms with Gasteiger partial charge in [0.05, 0.1) is 17.8 Å². The van der Waals surface area contributed by atoms with Gasteiger partial charge in [0.15, 0.2) is 0 Å². The van der Waals surface area contributed by atoms with Gasteiger partial charge in [-0.1, -0.05) is 26.7 Å². The summed E-state index contributed by atoms with van der Waals surface area (Å²) >= 11 is 0. The van der Waals surface area contributed by atoms with Crippen molar-refractivity contribution in [3.05, 3.63) is 0 Å². The van der Waals surface area contributed by atoms with Crippen molar-refractivity contribution in [2.24, 2.45) is 5.73 Å². The predicted octanol–water partition coefficient (Wildman–Crippen LogP) is 2.07. The lowest BCUT2D eigenvalue weighted by molar-refractivity contribution is -0.127. The van der Waals surface area contributed by atoms with Crippen LogP contribution in [-0.2, 0) is 4.74 Å². The fraction of sp³-hybridized carbons (Fsp3) is 1.00. The second-order valence-corrected chi connectivity index (χ2v) is 4.45. The number of nitrogens with two attached hydrogens (primary N) is 1. The first-order valence-electron chi connectivity index (χ1n) is 6.07. The standard InChI is InChI=1S/C12H27NO2/c1-5-7-12(9-13,8-6-2)15-11(4)10(3)14/h10-11,14H,5-9,13H2,1-4H3. The highest BCUT2D eigenvalue weighted by Crippen LogP contribution is 2.25. The lowest BCUT2D eigenvalue weighted by Crippen LogP contribution is -2.45. The van der Waals surface area contributed by atoms with Crippen molar-refractivity contribution < 1.29 is 9.84 Å². The predicted molar refractivity (Wildman–Crippen MR) is 63.8 cm³/mol. The van der Waals surface area contributed by atoms with Crippen LogP contribution in [0.5, 0.6) is 0 Å². The molecule has 0 aromatic rings. The van der Waals surface area contributed by atoms with Crippen molar-refractivity contribution in [3.8, 4) is 0 Å². The largest absolute Gasteiger partial charge is 0.391 e. The summed E-state index contributed by atoms with van der Waals surface area (Å²) in [6.45, 7) is 8.46. The normalized spacial score (nSPS) is 16.4. The molecule has 0 fully saturated rings. The zero-order valence-corrected chi connectivity index (χ0v) is 10.6. The molecule has 0 aromatic heterocycles.